The minimum atomic E-state index is -3.56. The summed E-state index contributed by atoms with van der Waals surface area (Å²) in [6, 6.07) is 4.82. The minimum Gasteiger partial charge on any atom is -0.326 e. The lowest BCUT2D eigenvalue weighted by Gasteiger charge is -2.11. The van der Waals surface area contributed by atoms with Crippen molar-refractivity contribution in [2.45, 2.75) is 25.2 Å². The van der Waals surface area contributed by atoms with Gasteiger partial charge in [-0.15, -0.1) is 0 Å². The zero-order chi connectivity index (χ0) is 15.2. The van der Waals surface area contributed by atoms with Gasteiger partial charge in [0.1, 0.15) is 0 Å². The third kappa shape index (κ3) is 4.92. The number of benzene rings is 1. The highest BCUT2D eigenvalue weighted by Gasteiger charge is 2.16. The SMILES string of the molecule is CNCCCNS(=O)(=O)c1cc(NC(C)=O)ccc1C. The Morgan fingerprint density at radius 1 is 1.25 bits per heavy atom. The molecule has 1 amide bonds. The standard InChI is InChI=1S/C13H21N3O3S/c1-10-5-6-12(16-11(2)17)9-13(10)20(18,19)15-8-4-7-14-3/h5-6,9,14-15H,4,7-8H2,1-3H3,(H,16,17). The van der Waals surface area contributed by atoms with Gasteiger partial charge in [0, 0.05) is 19.2 Å². The van der Waals surface area contributed by atoms with Gasteiger partial charge in [0.05, 0.1) is 4.90 Å². The van der Waals surface area contributed by atoms with Crippen LogP contribution in [0, 0.1) is 6.92 Å². The van der Waals surface area contributed by atoms with Gasteiger partial charge >= 0.3 is 0 Å². The van der Waals surface area contributed by atoms with Crippen molar-refractivity contribution in [2.24, 2.45) is 0 Å². The molecule has 0 aliphatic heterocycles. The van der Waals surface area contributed by atoms with Crippen LogP contribution in [0.25, 0.3) is 0 Å². The van der Waals surface area contributed by atoms with Crippen LogP contribution in [0.15, 0.2) is 23.1 Å². The normalized spacial score (nSPS) is 11.3. The molecule has 20 heavy (non-hydrogen) atoms. The Morgan fingerprint density at radius 3 is 2.55 bits per heavy atom. The van der Waals surface area contributed by atoms with E-state index in [1.807, 2.05) is 7.05 Å². The number of rotatable bonds is 7. The monoisotopic (exact) mass is 299 g/mol. The zero-order valence-electron chi connectivity index (χ0n) is 12.0. The van der Waals surface area contributed by atoms with Gasteiger partial charge < -0.3 is 10.6 Å². The lowest BCUT2D eigenvalue weighted by molar-refractivity contribution is -0.114. The Labute approximate surface area is 120 Å². The van der Waals surface area contributed by atoms with E-state index in [-0.39, 0.29) is 10.8 Å². The van der Waals surface area contributed by atoms with Gasteiger partial charge in [0.2, 0.25) is 15.9 Å². The van der Waals surface area contributed by atoms with Crippen LogP contribution in [0.2, 0.25) is 0 Å². The Hall–Kier alpha value is -1.44. The second kappa shape index (κ2) is 7.37. The smallest absolute Gasteiger partial charge is 0.240 e. The number of aryl methyl sites for hydroxylation is 1. The number of hydrogen-bond donors (Lipinski definition) is 3. The van der Waals surface area contributed by atoms with Crippen LogP contribution >= 0.6 is 0 Å². The number of anilines is 1. The Bertz CT molecular complexity index is 570. The highest BCUT2D eigenvalue weighted by molar-refractivity contribution is 7.89. The molecule has 0 aromatic heterocycles. The molecule has 0 unspecified atom stereocenters. The molecule has 1 aromatic carbocycles. The second-order valence-corrected chi connectivity index (χ2v) is 6.25. The van der Waals surface area contributed by atoms with Crippen molar-refractivity contribution in [2.75, 3.05) is 25.5 Å². The second-order valence-electron chi connectivity index (χ2n) is 4.52. The molecule has 0 saturated heterocycles. The molecule has 0 aliphatic rings. The van der Waals surface area contributed by atoms with E-state index in [9.17, 15) is 13.2 Å². The summed E-state index contributed by atoms with van der Waals surface area (Å²) in [5.74, 6) is -0.237. The molecule has 0 spiro atoms. The molecule has 0 saturated carbocycles. The highest BCUT2D eigenvalue weighted by atomic mass is 32.2. The maximum Gasteiger partial charge on any atom is 0.240 e. The van der Waals surface area contributed by atoms with E-state index < -0.39 is 10.0 Å². The molecule has 0 fully saturated rings. The molecule has 1 aromatic rings. The molecule has 0 aliphatic carbocycles. The van der Waals surface area contributed by atoms with E-state index >= 15 is 0 Å². The van der Waals surface area contributed by atoms with Gasteiger partial charge in [-0.1, -0.05) is 6.07 Å². The average Bonchev–Trinajstić information content (AvgIpc) is 2.36. The first-order valence-corrected chi connectivity index (χ1v) is 7.87. The van der Waals surface area contributed by atoms with E-state index in [0.717, 1.165) is 6.54 Å². The zero-order valence-corrected chi connectivity index (χ0v) is 12.8. The van der Waals surface area contributed by atoms with Gasteiger partial charge in [-0.05, 0) is 44.6 Å². The Balaban J connectivity index is 2.90. The number of hydrogen-bond acceptors (Lipinski definition) is 4. The van der Waals surface area contributed by atoms with E-state index in [0.29, 0.717) is 24.2 Å². The number of nitrogens with one attached hydrogen (secondary N) is 3. The van der Waals surface area contributed by atoms with Crippen molar-refractivity contribution in [1.29, 1.82) is 0 Å². The predicted octanol–water partition coefficient (Wildman–Crippen LogP) is 0.841. The fraction of sp³-hybridized carbons (Fsp3) is 0.462. The molecule has 0 atom stereocenters. The molecule has 1 rings (SSSR count). The molecule has 7 heteroatoms. The van der Waals surface area contributed by atoms with Gasteiger partial charge in [-0.2, -0.15) is 0 Å². The first-order valence-electron chi connectivity index (χ1n) is 6.39. The van der Waals surface area contributed by atoms with Gasteiger partial charge in [0.25, 0.3) is 0 Å². The molecule has 112 valence electrons. The lowest BCUT2D eigenvalue weighted by Crippen LogP contribution is -2.27. The summed E-state index contributed by atoms with van der Waals surface area (Å²) < 4.78 is 27.0. The number of sulfonamides is 1. The number of amides is 1. The van der Waals surface area contributed by atoms with Crippen LogP contribution < -0.4 is 15.4 Å². The third-order valence-electron chi connectivity index (χ3n) is 2.69. The molecule has 6 nitrogen and oxygen atoms in total. The molecular weight excluding hydrogens is 278 g/mol. The van der Waals surface area contributed by atoms with Crippen LogP contribution in [0.3, 0.4) is 0 Å². The molecular formula is C13H21N3O3S. The summed E-state index contributed by atoms with van der Waals surface area (Å²) in [7, 11) is -1.74. The summed E-state index contributed by atoms with van der Waals surface area (Å²) in [4.78, 5) is 11.2. The van der Waals surface area contributed by atoms with Gasteiger partial charge in [-0.3, -0.25) is 4.79 Å². The number of carbonyl (C=O) groups excluding carboxylic acids is 1. The maximum absolute atomic E-state index is 12.2. The van der Waals surface area contributed by atoms with Crippen LogP contribution in [0.4, 0.5) is 5.69 Å². The van der Waals surface area contributed by atoms with E-state index in [1.165, 1.54) is 13.0 Å². The molecule has 0 heterocycles. The van der Waals surface area contributed by atoms with Crippen LogP contribution in [-0.2, 0) is 14.8 Å². The molecule has 3 N–H and O–H groups in total. The first-order chi connectivity index (χ1) is 9.36. The van der Waals surface area contributed by atoms with Crippen molar-refractivity contribution in [3.05, 3.63) is 23.8 Å². The third-order valence-corrected chi connectivity index (χ3v) is 4.30. The predicted molar refractivity (Wildman–Crippen MR) is 79.2 cm³/mol. The number of carbonyl (C=O) groups is 1. The lowest BCUT2D eigenvalue weighted by atomic mass is 10.2. The summed E-state index contributed by atoms with van der Waals surface area (Å²) >= 11 is 0. The summed E-state index contributed by atoms with van der Waals surface area (Å²) in [6.45, 7) is 4.21. The highest BCUT2D eigenvalue weighted by Crippen LogP contribution is 2.20. The van der Waals surface area contributed by atoms with E-state index in [1.54, 1.807) is 19.1 Å². The van der Waals surface area contributed by atoms with Crippen LogP contribution in [0.1, 0.15) is 18.9 Å². The fourth-order valence-corrected chi connectivity index (χ4v) is 3.06. The van der Waals surface area contributed by atoms with E-state index in [2.05, 4.69) is 15.4 Å². The maximum atomic E-state index is 12.2. The van der Waals surface area contributed by atoms with Crippen molar-refractivity contribution in [3.8, 4) is 0 Å². The van der Waals surface area contributed by atoms with Gasteiger partial charge in [0.15, 0.2) is 0 Å². The van der Waals surface area contributed by atoms with Crippen molar-refractivity contribution in [3.63, 3.8) is 0 Å². The van der Waals surface area contributed by atoms with Gasteiger partial charge in [-0.25, -0.2) is 13.1 Å². The molecule has 0 bridgehead atoms. The Kier molecular flexibility index (Phi) is 6.12. The first kappa shape index (κ1) is 16.6. The largest absolute Gasteiger partial charge is 0.326 e. The van der Waals surface area contributed by atoms with Crippen LogP contribution in [0.5, 0.6) is 0 Å². The molecule has 0 radical (unpaired) electrons. The average molecular weight is 299 g/mol. The summed E-state index contributed by atoms with van der Waals surface area (Å²) in [5, 5.41) is 5.53. The summed E-state index contributed by atoms with van der Waals surface area (Å²) in [5.41, 5.74) is 1.11. The topological polar surface area (TPSA) is 87.3 Å². The van der Waals surface area contributed by atoms with Crippen molar-refractivity contribution < 1.29 is 13.2 Å². The fourth-order valence-electron chi connectivity index (χ4n) is 1.72. The quantitative estimate of drug-likeness (QED) is 0.651. The van der Waals surface area contributed by atoms with E-state index in [4.69, 9.17) is 0 Å². The van der Waals surface area contributed by atoms with Crippen LogP contribution in [-0.4, -0.2) is 34.5 Å². The minimum absolute atomic E-state index is 0.188. The Morgan fingerprint density at radius 2 is 1.95 bits per heavy atom. The summed E-state index contributed by atoms with van der Waals surface area (Å²) in [6.07, 6.45) is 0.708. The van der Waals surface area contributed by atoms with Crippen molar-refractivity contribution in [1.82, 2.24) is 10.0 Å². The van der Waals surface area contributed by atoms with Crippen molar-refractivity contribution >= 4 is 21.6 Å².